The minimum absolute atomic E-state index is 0.122. The number of rotatable bonds is 6. The molecule has 0 aliphatic rings. The van der Waals surface area contributed by atoms with Crippen molar-refractivity contribution >= 4 is 11.9 Å². The summed E-state index contributed by atoms with van der Waals surface area (Å²) in [6, 6.07) is 19.9. The van der Waals surface area contributed by atoms with Crippen molar-refractivity contribution in [2.75, 3.05) is 12.4 Å². The Morgan fingerprint density at radius 1 is 0.963 bits per heavy atom. The number of carbonyl (C=O) groups is 1. The van der Waals surface area contributed by atoms with Gasteiger partial charge < -0.3 is 10.2 Å². The molecule has 0 aliphatic carbocycles. The second kappa shape index (κ2) is 8.45. The van der Waals surface area contributed by atoms with Crippen LogP contribution in [-0.4, -0.2) is 27.8 Å². The van der Waals surface area contributed by atoms with Gasteiger partial charge in [0.15, 0.2) is 0 Å². The summed E-state index contributed by atoms with van der Waals surface area (Å²) in [5.41, 5.74) is 4.59. The maximum atomic E-state index is 12.8. The first-order valence-corrected chi connectivity index (χ1v) is 8.96. The Morgan fingerprint density at radius 2 is 1.67 bits per heavy atom. The lowest BCUT2D eigenvalue weighted by molar-refractivity contribution is 0.0779. The lowest BCUT2D eigenvalue weighted by Gasteiger charge is -2.17. The van der Waals surface area contributed by atoms with Gasteiger partial charge in [0.2, 0.25) is 5.95 Å². The number of aromatic nitrogens is 2. The number of benzene rings is 2. The van der Waals surface area contributed by atoms with E-state index in [2.05, 4.69) is 46.5 Å². The molecule has 5 nitrogen and oxygen atoms in total. The molecule has 0 bridgehead atoms. The number of amides is 1. The number of nitrogens with one attached hydrogen (secondary N) is 1. The first kappa shape index (κ1) is 18.6. The van der Waals surface area contributed by atoms with E-state index in [0.29, 0.717) is 24.7 Å². The molecule has 27 heavy (non-hydrogen) atoms. The highest BCUT2D eigenvalue weighted by atomic mass is 16.2. The van der Waals surface area contributed by atoms with Gasteiger partial charge in [-0.3, -0.25) is 4.79 Å². The second-order valence-corrected chi connectivity index (χ2v) is 6.70. The van der Waals surface area contributed by atoms with E-state index >= 15 is 0 Å². The number of hydrogen-bond donors (Lipinski definition) is 1. The van der Waals surface area contributed by atoms with Crippen LogP contribution in [0.15, 0.2) is 60.7 Å². The van der Waals surface area contributed by atoms with E-state index in [0.717, 1.165) is 16.8 Å². The van der Waals surface area contributed by atoms with Crippen LogP contribution in [-0.2, 0) is 13.1 Å². The van der Waals surface area contributed by atoms with Crippen LogP contribution in [0.5, 0.6) is 0 Å². The van der Waals surface area contributed by atoms with E-state index in [1.807, 2.05) is 37.3 Å². The van der Waals surface area contributed by atoms with Crippen molar-refractivity contribution in [3.8, 4) is 0 Å². The zero-order chi connectivity index (χ0) is 19.2. The molecule has 3 aromatic rings. The Hall–Kier alpha value is -3.21. The molecule has 1 aromatic heterocycles. The van der Waals surface area contributed by atoms with Crippen LogP contribution in [0.1, 0.15) is 32.9 Å². The highest BCUT2D eigenvalue weighted by Crippen LogP contribution is 2.11. The second-order valence-electron chi connectivity index (χ2n) is 6.70. The fourth-order valence-corrected chi connectivity index (χ4v) is 2.77. The van der Waals surface area contributed by atoms with Crippen LogP contribution in [0.3, 0.4) is 0 Å². The molecule has 2 aromatic carbocycles. The maximum absolute atomic E-state index is 12.8. The quantitative estimate of drug-likeness (QED) is 0.722. The molecule has 0 saturated carbocycles. The van der Waals surface area contributed by atoms with Gasteiger partial charge in [-0.1, -0.05) is 60.2 Å². The zero-order valence-corrected chi connectivity index (χ0v) is 15.9. The predicted octanol–water partition coefficient (Wildman–Crippen LogP) is 3.98. The first-order valence-electron chi connectivity index (χ1n) is 8.96. The van der Waals surface area contributed by atoms with Crippen molar-refractivity contribution in [3.63, 3.8) is 0 Å². The Bertz CT molecular complexity index is 907. The number of carbonyl (C=O) groups excluding carboxylic acids is 1. The van der Waals surface area contributed by atoms with Crippen molar-refractivity contribution < 1.29 is 4.79 Å². The molecule has 3 rings (SSSR count). The number of anilines is 1. The number of aryl methyl sites for hydroxylation is 2. The Kier molecular flexibility index (Phi) is 5.81. The van der Waals surface area contributed by atoms with E-state index in [4.69, 9.17) is 0 Å². The third kappa shape index (κ3) is 5.14. The van der Waals surface area contributed by atoms with E-state index in [1.54, 1.807) is 18.0 Å². The molecule has 0 fully saturated rings. The standard InChI is InChI=1S/C22H24N4O/c1-16-9-11-18(12-10-16)14-23-22-24-17(2)13-20(25-22)21(27)26(3)15-19-7-5-4-6-8-19/h4-13H,14-15H2,1-3H3,(H,23,24,25). The van der Waals surface area contributed by atoms with Gasteiger partial charge in [0, 0.05) is 25.8 Å². The zero-order valence-electron chi connectivity index (χ0n) is 15.9. The monoisotopic (exact) mass is 360 g/mol. The lowest BCUT2D eigenvalue weighted by atomic mass is 10.1. The third-order valence-electron chi connectivity index (χ3n) is 4.25. The smallest absolute Gasteiger partial charge is 0.272 e. The fourth-order valence-electron chi connectivity index (χ4n) is 2.77. The minimum atomic E-state index is -0.122. The molecule has 1 heterocycles. The Labute approximate surface area is 160 Å². The van der Waals surface area contributed by atoms with Gasteiger partial charge in [0.05, 0.1) is 0 Å². The van der Waals surface area contributed by atoms with Crippen molar-refractivity contribution in [1.82, 2.24) is 14.9 Å². The summed E-state index contributed by atoms with van der Waals surface area (Å²) in [7, 11) is 1.78. The molecule has 1 N–H and O–H groups in total. The maximum Gasteiger partial charge on any atom is 0.272 e. The predicted molar refractivity (Wildman–Crippen MR) is 108 cm³/mol. The van der Waals surface area contributed by atoms with Crippen LogP contribution in [0.25, 0.3) is 0 Å². The topological polar surface area (TPSA) is 58.1 Å². The van der Waals surface area contributed by atoms with Crippen LogP contribution < -0.4 is 5.32 Å². The minimum Gasteiger partial charge on any atom is -0.350 e. The summed E-state index contributed by atoms with van der Waals surface area (Å²) < 4.78 is 0. The lowest BCUT2D eigenvalue weighted by Crippen LogP contribution is -2.27. The van der Waals surface area contributed by atoms with E-state index in [1.165, 1.54) is 5.56 Å². The Morgan fingerprint density at radius 3 is 2.37 bits per heavy atom. The third-order valence-corrected chi connectivity index (χ3v) is 4.25. The van der Waals surface area contributed by atoms with E-state index in [-0.39, 0.29) is 5.91 Å². The highest BCUT2D eigenvalue weighted by Gasteiger charge is 2.15. The van der Waals surface area contributed by atoms with Gasteiger partial charge in [0.25, 0.3) is 5.91 Å². The molecule has 0 unspecified atom stereocenters. The van der Waals surface area contributed by atoms with Gasteiger partial charge in [0.1, 0.15) is 5.69 Å². The molecule has 0 saturated heterocycles. The summed E-state index contributed by atoms with van der Waals surface area (Å²) in [6.07, 6.45) is 0. The van der Waals surface area contributed by atoms with Crippen LogP contribution >= 0.6 is 0 Å². The van der Waals surface area contributed by atoms with E-state index in [9.17, 15) is 4.79 Å². The van der Waals surface area contributed by atoms with Crippen molar-refractivity contribution in [2.24, 2.45) is 0 Å². The van der Waals surface area contributed by atoms with Crippen molar-refractivity contribution in [3.05, 3.63) is 88.7 Å². The SMILES string of the molecule is Cc1ccc(CNc2nc(C)cc(C(=O)N(C)Cc3ccccc3)n2)cc1. The molecule has 0 atom stereocenters. The largest absolute Gasteiger partial charge is 0.350 e. The van der Waals surface area contributed by atoms with Gasteiger partial charge in [-0.15, -0.1) is 0 Å². The molecule has 138 valence electrons. The van der Waals surface area contributed by atoms with Crippen LogP contribution in [0.2, 0.25) is 0 Å². The van der Waals surface area contributed by atoms with Crippen LogP contribution in [0, 0.1) is 13.8 Å². The van der Waals surface area contributed by atoms with Crippen molar-refractivity contribution in [1.29, 1.82) is 0 Å². The average Bonchev–Trinajstić information content (AvgIpc) is 2.67. The van der Waals surface area contributed by atoms with Gasteiger partial charge in [-0.2, -0.15) is 0 Å². The van der Waals surface area contributed by atoms with Gasteiger partial charge >= 0.3 is 0 Å². The van der Waals surface area contributed by atoms with Crippen LogP contribution in [0.4, 0.5) is 5.95 Å². The van der Waals surface area contributed by atoms with Crippen molar-refractivity contribution in [2.45, 2.75) is 26.9 Å². The summed E-state index contributed by atoms with van der Waals surface area (Å²) >= 11 is 0. The molecule has 0 radical (unpaired) electrons. The average molecular weight is 360 g/mol. The normalized spacial score (nSPS) is 10.5. The summed E-state index contributed by atoms with van der Waals surface area (Å²) in [6.45, 7) is 5.07. The van der Waals surface area contributed by atoms with Gasteiger partial charge in [-0.25, -0.2) is 9.97 Å². The number of hydrogen-bond acceptors (Lipinski definition) is 4. The summed E-state index contributed by atoms with van der Waals surface area (Å²) in [4.78, 5) is 23.3. The first-order chi connectivity index (χ1) is 13.0. The fraction of sp³-hybridized carbons (Fsp3) is 0.227. The molecule has 0 aliphatic heterocycles. The molecule has 1 amide bonds. The number of nitrogens with zero attached hydrogens (tertiary/aromatic N) is 3. The van der Waals surface area contributed by atoms with Gasteiger partial charge in [-0.05, 0) is 31.0 Å². The molecular weight excluding hydrogens is 336 g/mol. The Balaban J connectivity index is 1.70. The summed E-state index contributed by atoms with van der Waals surface area (Å²) in [5.74, 6) is 0.342. The van der Waals surface area contributed by atoms with E-state index < -0.39 is 0 Å². The molecule has 0 spiro atoms. The molecular formula is C22H24N4O. The highest BCUT2D eigenvalue weighted by molar-refractivity contribution is 5.92. The summed E-state index contributed by atoms with van der Waals surface area (Å²) in [5, 5.41) is 3.21. The molecule has 5 heteroatoms.